The molecule has 140 valence electrons. The molecule has 7 heteroatoms. The minimum absolute atomic E-state index is 0.183. The number of aryl methyl sites for hydroxylation is 1. The third-order valence-electron chi connectivity index (χ3n) is 4.82. The summed E-state index contributed by atoms with van der Waals surface area (Å²) in [6, 6.07) is 4.71. The molecule has 1 aromatic heterocycles. The Balaban J connectivity index is 1.60. The first-order valence-electron chi connectivity index (χ1n) is 8.94. The van der Waals surface area contributed by atoms with Gasteiger partial charge in [0.1, 0.15) is 17.2 Å². The van der Waals surface area contributed by atoms with E-state index in [1.807, 2.05) is 18.7 Å². The molecule has 26 heavy (non-hydrogen) atoms. The minimum atomic E-state index is -0.272. The second-order valence-electron chi connectivity index (χ2n) is 6.54. The van der Waals surface area contributed by atoms with E-state index in [9.17, 15) is 9.18 Å². The number of likely N-dealkylation sites (tertiary alicyclic amines) is 1. The number of amides is 1. The van der Waals surface area contributed by atoms with Crippen molar-refractivity contribution < 1.29 is 13.6 Å². The maximum Gasteiger partial charge on any atom is 0.222 e. The molecule has 0 saturated carbocycles. The number of fused-ring (bicyclic) bond motifs is 1. The fourth-order valence-electron chi connectivity index (χ4n) is 3.29. The molecule has 0 spiro atoms. The third kappa shape index (κ3) is 3.81. The Labute approximate surface area is 152 Å². The molecule has 1 amide bonds. The van der Waals surface area contributed by atoms with Crippen LogP contribution in [0.25, 0.3) is 11.0 Å². The van der Waals surface area contributed by atoms with Gasteiger partial charge in [-0.25, -0.2) is 4.39 Å². The molecule has 1 fully saturated rings. The Bertz CT molecular complexity index is 830. The Kier molecular flexibility index (Phi) is 5.44. The number of nitrogens with zero attached hydrogens (tertiary/aromatic N) is 2. The van der Waals surface area contributed by atoms with Crippen molar-refractivity contribution in [3.63, 3.8) is 0 Å². The molecule has 2 aromatic rings. The van der Waals surface area contributed by atoms with Crippen LogP contribution in [0.3, 0.4) is 0 Å². The number of halogens is 1. The van der Waals surface area contributed by atoms with Crippen molar-refractivity contribution in [1.29, 1.82) is 0 Å². The van der Waals surface area contributed by atoms with Gasteiger partial charge < -0.3 is 20.0 Å². The van der Waals surface area contributed by atoms with Gasteiger partial charge in [0.2, 0.25) is 5.91 Å². The minimum Gasteiger partial charge on any atom is -0.459 e. The number of benzene rings is 1. The lowest BCUT2D eigenvalue weighted by Gasteiger charge is -2.18. The molecule has 0 aliphatic carbocycles. The van der Waals surface area contributed by atoms with E-state index in [1.165, 1.54) is 12.1 Å². The fourth-order valence-corrected chi connectivity index (χ4v) is 3.29. The largest absolute Gasteiger partial charge is 0.459 e. The number of aliphatic imine (C=N–C) groups is 1. The van der Waals surface area contributed by atoms with Gasteiger partial charge in [0.25, 0.3) is 0 Å². The normalized spacial score (nSPS) is 17.8. The molecular formula is C19H25FN4O2. The molecule has 1 aliphatic heterocycles. The predicted octanol–water partition coefficient (Wildman–Crippen LogP) is 2.56. The van der Waals surface area contributed by atoms with Crippen LogP contribution in [0.5, 0.6) is 0 Å². The third-order valence-corrected chi connectivity index (χ3v) is 4.82. The maximum atomic E-state index is 13.4. The standard InChI is InChI=1S/C19H25FN4O2/c1-4-18(25)24-8-7-14(11-24)23-19(21-3)22-10-17-12(2)15-9-13(20)5-6-16(15)26-17/h5-6,9,14H,4,7-8,10-11H2,1-3H3,(H2,21,22,23). The van der Waals surface area contributed by atoms with Crippen LogP contribution < -0.4 is 10.6 Å². The first-order valence-corrected chi connectivity index (χ1v) is 8.94. The van der Waals surface area contributed by atoms with Crippen molar-refractivity contribution in [2.75, 3.05) is 20.1 Å². The molecule has 0 radical (unpaired) electrons. The Morgan fingerprint density at radius 1 is 1.46 bits per heavy atom. The van der Waals surface area contributed by atoms with Crippen LogP contribution in [-0.2, 0) is 11.3 Å². The summed E-state index contributed by atoms with van der Waals surface area (Å²) in [5.74, 6) is 1.32. The van der Waals surface area contributed by atoms with Crippen LogP contribution in [0, 0.1) is 12.7 Å². The van der Waals surface area contributed by atoms with Gasteiger partial charge in [-0.1, -0.05) is 6.92 Å². The SMILES string of the molecule is CCC(=O)N1CCC(NC(=NC)NCc2oc3ccc(F)cc3c2C)C1. The molecule has 1 aromatic carbocycles. The fraction of sp³-hybridized carbons (Fsp3) is 0.474. The van der Waals surface area contributed by atoms with Crippen molar-refractivity contribution in [3.05, 3.63) is 35.3 Å². The molecule has 3 rings (SSSR count). The van der Waals surface area contributed by atoms with E-state index in [2.05, 4.69) is 15.6 Å². The highest BCUT2D eigenvalue weighted by Crippen LogP contribution is 2.25. The number of hydrogen-bond donors (Lipinski definition) is 2. The lowest BCUT2D eigenvalue weighted by atomic mass is 10.1. The molecule has 1 atom stereocenters. The number of carbonyl (C=O) groups excluding carboxylic acids is 1. The summed E-state index contributed by atoms with van der Waals surface area (Å²) in [4.78, 5) is 17.9. The zero-order chi connectivity index (χ0) is 18.7. The summed E-state index contributed by atoms with van der Waals surface area (Å²) in [5.41, 5.74) is 1.59. The van der Waals surface area contributed by atoms with Crippen molar-refractivity contribution in [1.82, 2.24) is 15.5 Å². The van der Waals surface area contributed by atoms with Gasteiger partial charge in [-0.05, 0) is 31.5 Å². The smallest absolute Gasteiger partial charge is 0.222 e. The van der Waals surface area contributed by atoms with E-state index in [0.29, 0.717) is 31.1 Å². The van der Waals surface area contributed by atoms with Crippen molar-refractivity contribution in [2.45, 2.75) is 39.3 Å². The number of furan rings is 1. The second-order valence-corrected chi connectivity index (χ2v) is 6.54. The Hall–Kier alpha value is -2.57. The molecular weight excluding hydrogens is 335 g/mol. The molecule has 2 N–H and O–H groups in total. The van der Waals surface area contributed by atoms with Crippen LogP contribution in [0.2, 0.25) is 0 Å². The number of hydrogen-bond acceptors (Lipinski definition) is 3. The maximum absolute atomic E-state index is 13.4. The summed E-state index contributed by atoms with van der Waals surface area (Å²) in [5, 5.41) is 7.37. The summed E-state index contributed by atoms with van der Waals surface area (Å²) in [6.45, 7) is 5.72. The predicted molar refractivity (Wildman–Crippen MR) is 99.5 cm³/mol. The van der Waals surface area contributed by atoms with Crippen LogP contribution >= 0.6 is 0 Å². The van der Waals surface area contributed by atoms with Gasteiger partial charge in [0, 0.05) is 43.5 Å². The average molecular weight is 360 g/mol. The van der Waals surface area contributed by atoms with Crippen molar-refractivity contribution in [2.24, 2.45) is 4.99 Å². The summed E-state index contributed by atoms with van der Waals surface area (Å²) >= 11 is 0. The van der Waals surface area contributed by atoms with Gasteiger partial charge in [0.15, 0.2) is 5.96 Å². The van der Waals surface area contributed by atoms with Crippen molar-refractivity contribution in [3.8, 4) is 0 Å². The van der Waals surface area contributed by atoms with E-state index in [4.69, 9.17) is 4.42 Å². The number of nitrogens with one attached hydrogen (secondary N) is 2. The highest BCUT2D eigenvalue weighted by molar-refractivity contribution is 5.83. The van der Waals surface area contributed by atoms with Crippen LogP contribution in [0.4, 0.5) is 4.39 Å². The number of rotatable bonds is 4. The van der Waals surface area contributed by atoms with Gasteiger partial charge in [-0.2, -0.15) is 0 Å². The lowest BCUT2D eigenvalue weighted by Crippen LogP contribution is -2.44. The Morgan fingerprint density at radius 3 is 3.00 bits per heavy atom. The molecule has 1 aliphatic rings. The quantitative estimate of drug-likeness (QED) is 0.649. The van der Waals surface area contributed by atoms with Crippen LogP contribution in [-0.4, -0.2) is 42.9 Å². The number of carbonyl (C=O) groups is 1. The van der Waals surface area contributed by atoms with E-state index in [-0.39, 0.29) is 17.8 Å². The van der Waals surface area contributed by atoms with Crippen molar-refractivity contribution >= 4 is 22.8 Å². The summed E-state index contributed by atoms with van der Waals surface area (Å²) < 4.78 is 19.2. The molecule has 0 bridgehead atoms. The van der Waals surface area contributed by atoms with E-state index in [0.717, 1.165) is 29.7 Å². The van der Waals surface area contributed by atoms with Crippen LogP contribution in [0.15, 0.2) is 27.6 Å². The lowest BCUT2D eigenvalue weighted by molar-refractivity contribution is -0.129. The second kappa shape index (κ2) is 7.76. The zero-order valence-corrected chi connectivity index (χ0v) is 15.4. The summed E-state index contributed by atoms with van der Waals surface area (Å²) in [7, 11) is 1.71. The van der Waals surface area contributed by atoms with Gasteiger partial charge in [-0.15, -0.1) is 0 Å². The molecule has 6 nitrogen and oxygen atoms in total. The highest BCUT2D eigenvalue weighted by Gasteiger charge is 2.25. The molecule has 1 saturated heterocycles. The number of guanidine groups is 1. The van der Waals surface area contributed by atoms with Gasteiger partial charge in [0.05, 0.1) is 6.54 Å². The van der Waals surface area contributed by atoms with Crippen LogP contribution in [0.1, 0.15) is 31.1 Å². The first kappa shape index (κ1) is 18.2. The molecule has 1 unspecified atom stereocenters. The van der Waals surface area contributed by atoms with Gasteiger partial charge in [-0.3, -0.25) is 9.79 Å². The first-order chi connectivity index (χ1) is 12.5. The van der Waals surface area contributed by atoms with E-state index in [1.54, 1.807) is 13.1 Å². The van der Waals surface area contributed by atoms with E-state index < -0.39 is 0 Å². The molecule has 2 heterocycles. The topological polar surface area (TPSA) is 69.9 Å². The monoisotopic (exact) mass is 360 g/mol. The Morgan fingerprint density at radius 2 is 2.27 bits per heavy atom. The zero-order valence-electron chi connectivity index (χ0n) is 15.4. The summed E-state index contributed by atoms with van der Waals surface area (Å²) in [6.07, 6.45) is 1.43. The highest BCUT2D eigenvalue weighted by atomic mass is 19.1. The van der Waals surface area contributed by atoms with Gasteiger partial charge >= 0.3 is 0 Å². The van der Waals surface area contributed by atoms with E-state index >= 15 is 0 Å². The average Bonchev–Trinajstić information content (AvgIpc) is 3.23.